The minimum atomic E-state index is 0.340. The van der Waals surface area contributed by atoms with Gasteiger partial charge in [0, 0.05) is 17.0 Å². The van der Waals surface area contributed by atoms with Crippen molar-refractivity contribution in [2.75, 3.05) is 0 Å². The number of benzene rings is 1. The zero-order valence-electron chi connectivity index (χ0n) is 9.21. The van der Waals surface area contributed by atoms with Gasteiger partial charge in [-0.15, -0.1) is 0 Å². The van der Waals surface area contributed by atoms with Crippen LogP contribution in [-0.4, -0.2) is 4.75 Å². The highest BCUT2D eigenvalue weighted by molar-refractivity contribution is 7.99. The first-order valence-electron chi connectivity index (χ1n) is 4.93. The van der Waals surface area contributed by atoms with E-state index in [0.717, 1.165) is 5.75 Å². The SMILES string of the molecule is CC(C)(C)SCc1ccc(CN)cc1. The van der Waals surface area contributed by atoms with Crippen LogP contribution >= 0.6 is 11.8 Å². The molecule has 0 saturated carbocycles. The van der Waals surface area contributed by atoms with Crippen molar-refractivity contribution in [3.05, 3.63) is 35.4 Å². The van der Waals surface area contributed by atoms with Crippen LogP contribution in [0.25, 0.3) is 0 Å². The summed E-state index contributed by atoms with van der Waals surface area (Å²) in [6, 6.07) is 8.55. The van der Waals surface area contributed by atoms with Crippen molar-refractivity contribution in [3.8, 4) is 0 Å². The van der Waals surface area contributed by atoms with Crippen molar-refractivity contribution in [1.82, 2.24) is 0 Å². The molecule has 0 spiro atoms. The molecule has 0 bridgehead atoms. The standard InChI is InChI=1S/C12H19NS/c1-12(2,3)14-9-11-6-4-10(8-13)5-7-11/h4-7H,8-9,13H2,1-3H3. The first kappa shape index (κ1) is 11.6. The molecule has 0 fully saturated rings. The average molecular weight is 209 g/mol. The maximum absolute atomic E-state index is 5.54. The monoisotopic (exact) mass is 209 g/mol. The fourth-order valence-corrected chi connectivity index (χ4v) is 1.86. The second-order valence-corrected chi connectivity index (χ2v) is 6.22. The first-order chi connectivity index (χ1) is 6.51. The summed E-state index contributed by atoms with van der Waals surface area (Å²) in [5, 5.41) is 0. The fourth-order valence-electron chi connectivity index (χ4n) is 1.07. The van der Waals surface area contributed by atoms with Crippen molar-refractivity contribution >= 4 is 11.8 Å². The lowest BCUT2D eigenvalue weighted by atomic mass is 10.1. The highest BCUT2D eigenvalue weighted by Gasteiger charge is 2.09. The van der Waals surface area contributed by atoms with Gasteiger partial charge in [0.2, 0.25) is 0 Å². The Morgan fingerprint density at radius 3 is 2.00 bits per heavy atom. The van der Waals surface area contributed by atoms with E-state index in [2.05, 4.69) is 45.0 Å². The van der Waals surface area contributed by atoms with Gasteiger partial charge in [0.15, 0.2) is 0 Å². The number of hydrogen-bond donors (Lipinski definition) is 1. The van der Waals surface area contributed by atoms with Gasteiger partial charge >= 0.3 is 0 Å². The molecule has 14 heavy (non-hydrogen) atoms. The van der Waals surface area contributed by atoms with Gasteiger partial charge in [0.05, 0.1) is 0 Å². The average Bonchev–Trinajstić information content (AvgIpc) is 2.14. The van der Waals surface area contributed by atoms with Crippen LogP contribution in [0, 0.1) is 0 Å². The van der Waals surface area contributed by atoms with Gasteiger partial charge in [-0.05, 0) is 11.1 Å². The molecule has 1 aromatic carbocycles. The van der Waals surface area contributed by atoms with Crippen LogP contribution in [0.15, 0.2) is 24.3 Å². The van der Waals surface area contributed by atoms with E-state index in [-0.39, 0.29) is 0 Å². The molecule has 78 valence electrons. The Hall–Kier alpha value is -0.470. The molecule has 0 atom stereocenters. The zero-order valence-corrected chi connectivity index (χ0v) is 10.0. The molecule has 0 saturated heterocycles. The summed E-state index contributed by atoms with van der Waals surface area (Å²) in [7, 11) is 0. The van der Waals surface area contributed by atoms with Gasteiger partial charge in [-0.1, -0.05) is 45.0 Å². The molecule has 1 aromatic rings. The lowest BCUT2D eigenvalue weighted by Crippen LogP contribution is -2.07. The van der Waals surface area contributed by atoms with E-state index in [1.807, 2.05) is 11.8 Å². The first-order valence-corrected chi connectivity index (χ1v) is 5.92. The summed E-state index contributed by atoms with van der Waals surface area (Å²) in [6.07, 6.45) is 0. The van der Waals surface area contributed by atoms with Crippen LogP contribution in [0.1, 0.15) is 31.9 Å². The third-order valence-electron chi connectivity index (χ3n) is 1.93. The summed E-state index contributed by atoms with van der Waals surface area (Å²) >= 11 is 1.97. The van der Waals surface area contributed by atoms with Gasteiger partial charge < -0.3 is 5.73 Å². The van der Waals surface area contributed by atoms with Crippen molar-refractivity contribution in [2.45, 2.75) is 37.8 Å². The van der Waals surface area contributed by atoms with Crippen molar-refractivity contribution in [3.63, 3.8) is 0 Å². The van der Waals surface area contributed by atoms with E-state index in [0.29, 0.717) is 11.3 Å². The highest BCUT2D eigenvalue weighted by Crippen LogP contribution is 2.27. The fraction of sp³-hybridized carbons (Fsp3) is 0.500. The summed E-state index contributed by atoms with van der Waals surface area (Å²) < 4.78 is 0.340. The zero-order chi connectivity index (χ0) is 10.6. The number of thioether (sulfide) groups is 1. The maximum Gasteiger partial charge on any atom is 0.0189 e. The van der Waals surface area contributed by atoms with Gasteiger partial charge in [0.25, 0.3) is 0 Å². The van der Waals surface area contributed by atoms with Gasteiger partial charge in [0.1, 0.15) is 0 Å². The quantitative estimate of drug-likeness (QED) is 0.827. The molecule has 2 N–H and O–H groups in total. The van der Waals surface area contributed by atoms with Crippen LogP contribution in [-0.2, 0) is 12.3 Å². The summed E-state index contributed by atoms with van der Waals surface area (Å²) in [5.74, 6) is 1.08. The molecule has 1 rings (SSSR count). The molecule has 0 radical (unpaired) electrons. The Bertz CT molecular complexity index is 271. The molecular formula is C12H19NS. The molecule has 0 heterocycles. The molecule has 0 unspecified atom stereocenters. The highest BCUT2D eigenvalue weighted by atomic mass is 32.2. The van der Waals surface area contributed by atoms with Crippen LogP contribution in [0.3, 0.4) is 0 Å². The number of hydrogen-bond acceptors (Lipinski definition) is 2. The van der Waals surface area contributed by atoms with E-state index >= 15 is 0 Å². The third kappa shape index (κ3) is 4.16. The lowest BCUT2D eigenvalue weighted by Gasteiger charge is -2.17. The Morgan fingerprint density at radius 2 is 1.57 bits per heavy atom. The molecule has 0 aromatic heterocycles. The molecule has 0 amide bonds. The lowest BCUT2D eigenvalue weighted by molar-refractivity contribution is 0.802. The van der Waals surface area contributed by atoms with Crippen LogP contribution in [0.4, 0.5) is 0 Å². The summed E-state index contributed by atoms with van der Waals surface area (Å²) in [6.45, 7) is 7.36. The molecule has 0 aliphatic rings. The predicted molar refractivity (Wildman–Crippen MR) is 65.4 cm³/mol. The molecular weight excluding hydrogens is 190 g/mol. The molecule has 2 heteroatoms. The van der Waals surface area contributed by atoms with Crippen molar-refractivity contribution in [1.29, 1.82) is 0 Å². The Kier molecular flexibility index (Phi) is 4.02. The minimum absolute atomic E-state index is 0.340. The Balaban J connectivity index is 2.52. The van der Waals surface area contributed by atoms with Crippen molar-refractivity contribution in [2.24, 2.45) is 5.73 Å². The smallest absolute Gasteiger partial charge is 0.0189 e. The van der Waals surface area contributed by atoms with Gasteiger partial charge in [-0.25, -0.2) is 0 Å². The largest absolute Gasteiger partial charge is 0.326 e. The van der Waals surface area contributed by atoms with E-state index in [1.165, 1.54) is 11.1 Å². The maximum atomic E-state index is 5.54. The Labute approximate surface area is 91.1 Å². The van der Waals surface area contributed by atoms with E-state index < -0.39 is 0 Å². The van der Waals surface area contributed by atoms with Crippen molar-refractivity contribution < 1.29 is 0 Å². The second kappa shape index (κ2) is 4.85. The molecule has 1 nitrogen and oxygen atoms in total. The minimum Gasteiger partial charge on any atom is -0.326 e. The summed E-state index contributed by atoms with van der Waals surface area (Å²) in [5.41, 5.74) is 8.12. The second-order valence-electron chi connectivity index (χ2n) is 4.42. The summed E-state index contributed by atoms with van der Waals surface area (Å²) in [4.78, 5) is 0. The van der Waals surface area contributed by atoms with Crippen LogP contribution in [0.2, 0.25) is 0 Å². The normalized spacial score (nSPS) is 11.7. The van der Waals surface area contributed by atoms with E-state index in [4.69, 9.17) is 5.73 Å². The number of nitrogens with two attached hydrogens (primary N) is 1. The Morgan fingerprint density at radius 1 is 1.07 bits per heavy atom. The van der Waals surface area contributed by atoms with E-state index in [1.54, 1.807) is 0 Å². The topological polar surface area (TPSA) is 26.0 Å². The predicted octanol–water partition coefficient (Wildman–Crippen LogP) is 3.18. The third-order valence-corrected chi connectivity index (χ3v) is 3.27. The molecule has 0 aliphatic carbocycles. The number of rotatable bonds is 3. The van der Waals surface area contributed by atoms with Gasteiger partial charge in [-0.2, -0.15) is 11.8 Å². The van der Waals surface area contributed by atoms with Crippen LogP contribution < -0.4 is 5.73 Å². The van der Waals surface area contributed by atoms with Gasteiger partial charge in [-0.3, -0.25) is 0 Å². The van der Waals surface area contributed by atoms with E-state index in [9.17, 15) is 0 Å². The molecule has 0 aliphatic heterocycles. The van der Waals surface area contributed by atoms with Crippen LogP contribution in [0.5, 0.6) is 0 Å².